The molecule has 1 N–H and O–H groups in total. The van der Waals surface area contributed by atoms with Crippen LogP contribution in [0.4, 0.5) is 0 Å². The predicted octanol–water partition coefficient (Wildman–Crippen LogP) is 0.542. The smallest absolute Gasteiger partial charge is 0.412 e. The Morgan fingerprint density at radius 3 is 2.78 bits per heavy atom. The number of aryl methyl sites for hydroxylation is 1. The molecule has 9 heavy (non-hydrogen) atoms. The Bertz CT molecular complexity index is 185. The van der Waals surface area contributed by atoms with Crippen LogP contribution < -0.4 is 0 Å². The second-order valence-electron chi connectivity index (χ2n) is 1.58. The lowest BCUT2D eigenvalue weighted by Gasteiger charge is -1.82. The van der Waals surface area contributed by atoms with Gasteiger partial charge in [-0.25, -0.2) is 0 Å². The minimum atomic E-state index is -0.376. The van der Waals surface area contributed by atoms with E-state index in [-0.39, 0.29) is 6.08 Å². The van der Waals surface area contributed by atoms with Gasteiger partial charge in [-0.3, -0.25) is 0 Å². The van der Waals surface area contributed by atoms with Gasteiger partial charge in [-0.1, -0.05) is 12.0 Å². The molecule has 4 nitrogen and oxygen atoms in total. The molecular formula is C5H7N2O2. The van der Waals surface area contributed by atoms with Crippen LogP contribution in [-0.2, 0) is 6.42 Å². The first-order valence-electron chi connectivity index (χ1n) is 2.63. The first kappa shape index (κ1) is 6.07. The molecular weight excluding hydrogens is 120 g/mol. The van der Waals surface area contributed by atoms with Gasteiger partial charge >= 0.3 is 6.08 Å². The maximum Gasteiger partial charge on any atom is 0.412 e. The molecule has 1 aromatic rings. The van der Waals surface area contributed by atoms with Crippen LogP contribution in [0.15, 0.2) is 4.42 Å². The highest BCUT2D eigenvalue weighted by molar-refractivity contribution is 4.82. The molecule has 0 aliphatic carbocycles. The van der Waals surface area contributed by atoms with Gasteiger partial charge in [-0.2, -0.15) is 0 Å². The fourth-order valence-electron chi connectivity index (χ4n) is 0.497. The average molecular weight is 127 g/mol. The highest BCUT2D eigenvalue weighted by atomic mass is 16.5. The summed E-state index contributed by atoms with van der Waals surface area (Å²) in [7, 11) is 0. The third kappa shape index (κ3) is 1.42. The summed E-state index contributed by atoms with van der Waals surface area (Å²) in [5.41, 5.74) is 0. The molecule has 0 saturated heterocycles. The average Bonchev–Trinajstić information content (AvgIpc) is 2.17. The molecule has 1 radical (unpaired) electrons. The molecule has 0 amide bonds. The fourth-order valence-corrected chi connectivity index (χ4v) is 0.497. The predicted molar refractivity (Wildman–Crippen MR) is 29.6 cm³/mol. The normalized spacial score (nSPS) is 9.89. The van der Waals surface area contributed by atoms with Crippen molar-refractivity contribution in [3.8, 4) is 6.08 Å². The molecule has 1 heterocycles. The van der Waals surface area contributed by atoms with Crippen LogP contribution in [0.2, 0.25) is 0 Å². The van der Waals surface area contributed by atoms with Gasteiger partial charge in [0.1, 0.15) is 0 Å². The highest BCUT2D eigenvalue weighted by Gasteiger charge is 2.00. The van der Waals surface area contributed by atoms with Crippen molar-refractivity contribution in [1.29, 1.82) is 0 Å². The van der Waals surface area contributed by atoms with E-state index < -0.39 is 0 Å². The second-order valence-corrected chi connectivity index (χ2v) is 1.58. The molecule has 0 saturated carbocycles. The second kappa shape index (κ2) is 2.48. The topological polar surface area (TPSA) is 59.2 Å². The maximum absolute atomic E-state index is 8.52. The van der Waals surface area contributed by atoms with Crippen molar-refractivity contribution in [3.63, 3.8) is 0 Å². The lowest BCUT2D eigenvalue weighted by molar-refractivity contribution is 0.304. The third-order valence-corrected chi connectivity index (χ3v) is 0.847. The number of aromatic hydroxyl groups is 1. The summed E-state index contributed by atoms with van der Waals surface area (Å²) >= 11 is 0. The first-order valence-corrected chi connectivity index (χ1v) is 2.63. The molecule has 0 aliphatic heterocycles. The Kier molecular flexibility index (Phi) is 1.67. The van der Waals surface area contributed by atoms with E-state index in [0.29, 0.717) is 18.7 Å². The van der Waals surface area contributed by atoms with Crippen molar-refractivity contribution in [2.75, 3.05) is 0 Å². The van der Waals surface area contributed by atoms with E-state index in [1.807, 2.05) is 0 Å². The Balaban J connectivity index is 2.61. The quantitative estimate of drug-likeness (QED) is 0.630. The van der Waals surface area contributed by atoms with E-state index in [2.05, 4.69) is 21.5 Å². The van der Waals surface area contributed by atoms with Crippen LogP contribution in [0, 0.1) is 6.92 Å². The van der Waals surface area contributed by atoms with Gasteiger partial charge in [-0.15, -0.1) is 5.10 Å². The van der Waals surface area contributed by atoms with Crippen molar-refractivity contribution >= 4 is 0 Å². The molecule has 0 aromatic carbocycles. The third-order valence-electron chi connectivity index (χ3n) is 0.847. The highest BCUT2D eigenvalue weighted by Crippen LogP contribution is 2.05. The number of rotatable bonds is 2. The molecule has 0 spiro atoms. The number of hydrogen-bond acceptors (Lipinski definition) is 4. The maximum atomic E-state index is 8.52. The minimum Gasteiger partial charge on any atom is -0.465 e. The number of aromatic nitrogens is 2. The Morgan fingerprint density at radius 2 is 2.33 bits per heavy atom. The van der Waals surface area contributed by atoms with E-state index in [1.54, 1.807) is 0 Å². The van der Waals surface area contributed by atoms with Crippen molar-refractivity contribution in [2.24, 2.45) is 0 Å². The lowest BCUT2D eigenvalue weighted by Crippen LogP contribution is -1.80. The molecule has 0 bridgehead atoms. The van der Waals surface area contributed by atoms with E-state index in [9.17, 15) is 0 Å². The van der Waals surface area contributed by atoms with Gasteiger partial charge in [0.15, 0.2) is 0 Å². The van der Waals surface area contributed by atoms with Crippen LogP contribution in [0.1, 0.15) is 12.3 Å². The fraction of sp³-hybridized carbons (Fsp3) is 0.400. The SMILES string of the molecule is [CH2]CCc1nnc(O)o1. The van der Waals surface area contributed by atoms with Crippen molar-refractivity contribution < 1.29 is 9.52 Å². The van der Waals surface area contributed by atoms with Crippen molar-refractivity contribution in [3.05, 3.63) is 12.8 Å². The Hall–Kier alpha value is -1.06. The number of nitrogens with zero attached hydrogens (tertiary/aromatic N) is 2. The summed E-state index contributed by atoms with van der Waals surface area (Å²) in [6.07, 6.45) is 0.938. The first-order chi connectivity index (χ1) is 4.33. The van der Waals surface area contributed by atoms with Gasteiger partial charge in [0.05, 0.1) is 0 Å². The molecule has 1 rings (SSSR count). The summed E-state index contributed by atoms with van der Waals surface area (Å²) in [4.78, 5) is 0. The monoisotopic (exact) mass is 127 g/mol. The summed E-state index contributed by atoms with van der Waals surface area (Å²) < 4.78 is 4.62. The molecule has 0 atom stereocenters. The van der Waals surface area contributed by atoms with Gasteiger partial charge in [0.25, 0.3) is 0 Å². The summed E-state index contributed by atoms with van der Waals surface area (Å²) in [5, 5.41) is 15.3. The number of hydrogen-bond donors (Lipinski definition) is 1. The zero-order valence-corrected chi connectivity index (χ0v) is 4.87. The van der Waals surface area contributed by atoms with E-state index >= 15 is 0 Å². The largest absolute Gasteiger partial charge is 0.465 e. The van der Waals surface area contributed by atoms with Gasteiger partial charge in [0.2, 0.25) is 5.89 Å². The molecule has 4 heteroatoms. The zero-order valence-electron chi connectivity index (χ0n) is 4.87. The van der Waals surface area contributed by atoms with Crippen LogP contribution in [0.5, 0.6) is 6.08 Å². The van der Waals surface area contributed by atoms with Crippen molar-refractivity contribution in [1.82, 2.24) is 10.2 Å². The van der Waals surface area contributed by atoms with Gasteiger partial charge < -0.3 is 9.52 Å². The van der Waals surface area contributed by atoms with Crippen molar-refractivity contribution in [2.45, 2.75) is 12.8 Å². The van der Waals surface area contributed by atoms with E-state index in [1.165, 1.54) is 0 Å². The molecule has 49 valence electrons. The Labute approximate surface area is 52.5 Å². The molecule has 1 aromatic heterocycles. The summed E-state index contributed by atoms with van der Waals surface area (Å²) in [5.74, 6) is 0.433. The van der Waals surface area contributed by atoms with Crippen LogP contribution in [0.25, 0.3) is 0 Å². The summed E-state index contributed by atoms with van der Waals surface area (Å²) in [6.45, 7) is 3.58. The molecule has 0 fully saturated rings. The van der Waals surface area contributed by atoms with Crippen LogP contribution in [0.3, 0.4) is 0 Å². The van der Waals surface area contributed by atoms with Crippen LogP contribution in [-0.4, -0.2) is 15.3 Å². The van der Waals surface area contributed by atoms with Gasteiger partial charge in [-0.05, 0) is 6.42 Å². The summed E-state index contributed by atoms with van der Waals surface area (Å²) in [6, 6.07) is 0. The Morgan fingerprint density at radius 1 is 1.56 bits per heavy atom. The minimum absolute atomic E-state index is 0.376. The van der Waals surface area contributed by atoms with E-state index in [0.717, 1.165) is 0 Å². The standard InChI is InChI=1S/C5H7N2O2/c1-2-3-4-6-7-5(8)9-4/h1-3H2,(H,7,8). The zero-order chi connectivity index (χ0) is 6.69. The van der Waals surface area contributed by atoms with Gasteiger partial charge in [0, 0.05) is 6.42 Å². The molecule has 0 unspecified atom stereocenters. The van der Waals surface area contributed by atoms with E-state index in [4.69, 9.17) is 5.11 Å². The molecule has 0 aliphatic rings. The van der Waals surface area contributed by atoms with Crippen LogP contribution >= 0.6 is 0 Å². The lowest BCUT2D eigenvalue weighted by atomic mass is 10.3.